The van der Waals surface area contributed by atoms with E-state index in [0.717, 1.165) is 38.5 Å². The second-order valence-corrected chi connectivity index (χ2v) is 13.5. The van der Waals surface area contributed by atoms with Gasteiger partial charge >= 0.3 is 0 Å². The molecule has 4 fully saturated rings. The van der Waals surface area contributed by atoms with Gasteiger partial charge in [-0.3, -0.25) is 0 Å². The molecule has 178 valence electrons. The summed E-state index contributed by atoms with van der Waals surface area (Å²) in [6.07, 6.45) is 5.51. The third-order valence-corrected chi connectivity index (χ3v) is 11.5. The molecule has 0 aromatic heterocycles. The average molecular weight is 487 g/mol. The molecule has 3 aliphatic carbocycles. The topological polar surface area (TPSA) is 107 Å². The Morgan fingerprint density at radius 2 is 1.75 bits per heavy atom. The van der Waals surface area contributed by atoms with Crippen LogP contribution in [-0.4, -0.2) is 57.9 Å². The number of halogens is 1. The second-order valence-electron chi connectivity index (χ2n) is 9.46. The van der Waals surface area contributed by atoms with E-state index in [1.165, 1.54) is 12.1 Å². The summed E-state index contributed by atoms with van der Waals surface area (Å²) in [6.45, 7) is 0.655. The molecule has 7 nitrogen and oxygen atoms in total. The van der Waals surface area contributed by atoms with Crippen LogP contribution in [-0.2, 0) is 19.9 Å². The van der Waals surface area contributed by atoms with Crippen molar-refractivity contribution in [3.8, 4) is 5.75 Å². The zero-order chi connectivity index (χ0) is 23.0. The van der Waals surface area contributed by atoms with Crippen LogP contribution in [0.2, 0.25) is 0 Å². The average Bonchev–Trinajstić information content (AvgIpc) is 3.15. The maximum absolute atomic E-state index is 13.2. The fourth-order valence-electron chi connectivity index (χ4n) is 5.55. The molecule has 1 aromatic rings. The molecule has 2 bridgehead atoms. The molecule has 0 amide bonds. The Labute approximate surface area is 189 Å². The van der Waals surface area contributed by atoms with E-state index in [-0.39, 0.29) is 40.5 Å². The molecule has 5 rings (SSSR count). The molecule has 2 N–H and O–H groups in total. The number of hydrogen-bond acceptors (Lipinski definition) is 6. The van der Waals surface area contributed by atoms with Gasteiger partial charge in [0.15, 0.2) is 9.84 Å². The van der Waals surface area contributed by atoms with Crippen molar-refractivity contribution in [2.24, 2.45) is 11.1 Å². The SMILES string of the molecule is NC/C(=C\F)COc1ccc(S(=O)(=O)CC23CCC(N4CCCS4(=O)=O)(CC2)CC3)cc1. The van der Waals surface area contributed by atoms with Crippen molar-refractivity contribution in [2.75, 3.05) is 31.2 Å². The van der Waals surface area contributed by atoms with E-state index in [9.17, 15) is 21.2 Å². The van der Waals surface area contributed by atoms with Crippen LogP contribution < -0.4 is 10.5 Å². The molecule has 0 unspecified atom stereocenters. The van der Waals surface area contributed by atoms with Crippen LogP contribution in [0.15, 0.2) is 41.1 Å². The lowest BCUT2D eigenvalue weighted by molar-refractivity contribution is -0.00242. The highest BCUT2D eigenvalue weighted by atomic mass is 32.2. The minimum absolute atomic E-state index is 0.0106. The van der Waals surface area contributed by atoms with Gasteiger partial charge in [-0.2, -0.15) is 4.31 Å². The van der Waals surface area contributed by atoms with Crippen LogP contribution in [0, 0.1) is 5.41 Å². The van der Waals surface area contributed by atoms with Gasteiger partial charge in [-0.05, 0) is 74.6 Å². The number of ether oxygens (including phenoxy) is 1. The van der Waals surface area contributed by atoms with E-state index in [1.54, 1.807) is 16.4 Å². The summed E-state index contributed by atoms with van der Waals surface area (Å²) in [5.74, 6) is 0.748. The van der Waals surface area contributed by atoms with E-state index in [2.05, 4.69) is 0 Å². The minimum Gasteiger partial charge on any atom is -0.489 e. The summed E-state index contributed by atoms with van der Waals surface area (Å²) >= 11 is 0. The number of sulfone groups is 1. The Hall–Kier alpha value is -1.49. The van der Waals surface area contributed by atoms with Crippen molar-refractivity contribution in [1.82, 2.24) is 4.31 Å². The van der Waals surface area contributed by atoms with Crippen LogP contribution in [0.3, 0.4) is 0 Å². The van der Waals surface area contributed by atoms with Crippen molar-refractivity contribution in [3.63, 3.8) is 0 Å². The van der Waals surface area contributed by atoms with Crippen molar-refractivity contribution in [3.05, 3.63) is 36.2 Å². The van der Waals surface area contributed by atoms with E-state index in [4.69, 9.17) is 10.5 Å². The number of nitrogens with two attached hydrogens (primary N) is 1. The van der Waals surface area contributed by atoms with Crippen molar-refractivity contribution < 1.29 is 26.0 Å². The molecule has 1 saturated heterocycles. The van der Waals surface area contributed by atoms with Gasteiger partial charge in [0, 0.05) is 24.2 Å². The molecule has 1 aromatic carbocycles. The van der Waals surface area contributed by atoms with E-state index in [1.807, 2.05) is 0 Å². The number of hydrogen-bond donors (Lipinski definition) is 1. The third-order valence-electron chi connectivity index (χ3n) is 7.51. The van der Waals surface area contributed by atoms with Gasteiger partial charge in [-0.15, -0.1) is 0 Å². The monoisotopic (exact) mass is 486 g/mol. The number of rotatable bonds is 8. The highest BCUT2D eigenvalue weighted by Crippen LogP contribution is 2.56. The third kappa shape index (κ3) is 4.47. The van der Waals surface area contributed by atoms with Crippen molar-refractivity contribution in [1.29, 1.82) is 0 Å². The van der Waals surface area contributed by atoms with Crippen LogP contribution in [0.4, 0.5) is 4.39 Å². The first kappa shape index (κ1) is 23.7. The van der Waals surface area contributed by atoms with Gasteiger partial charge < -0.3 is 10.5 Å². The molecule has 10 heteroatoms. The number of fused-ring (bicyclic) bond motifs is 3. The number of sulfonamides is 1. The van der Waals surface area contributed by atoms with Gasteiger partial charge in [0.1, 0.15) is 12.4 Å². The highest BCUT2D eigenvalue weighted by Gasteiger charge is 2.55. The molecule has 0 radical (unpaired) electrons. The van der Waals surface area contributed by atoms with Crippen LogP contribution in [0.5, 0.6) is 5.75 Å². The molecule has 1 aliphatic heterocycles. The largest absolute Gasteiger partial charge is 0.489 e. The van der Waals surface area contributed by atoms with E-state index in [0.29, 0.717) is 30.6 Å². The summed E-state index contributed by atoms with van der Waals surface area (Å²) in [4.78, 5) is 0.240. The summed E-state index contributed by atoms with van der Waals surface area (Å²) in [5.41, 5.74) is 5.12. The smallest absolute Gasteiger partial charge is 0.214 e. The Kier molecular flexibility index (Phi) is 6.43. The lowest BCUT2D eigenvalue weighted by Crippen LogP contribution is -2.58. The van der Waals surface area contributed by atoms with Crippen LogP contribution in [0.25, 0.3) is 0 Å². The first-order chi connectivity index (χ1) is 15.1. The highest BCUT2D eigenvalue weighted by molar-refractivity contribution is 7.91. The maximum atomic E-state index is 13.2. The van der Waals surface area contributed by atoms with Gasteiger partial charge in [0.25, 0.3) is 0 Å². The summed E-state index contributed by atoms with van der Waals surface area (Å²) < 4.78 is 71.1. The Bertz CT molecular complexity index is 1060. The Morgan fingerprint density at radius 3 is 2.25 bits per heavy atom. The normalized spacial score (nSPS) is 30.5. The van der Waals surface area contributed by atoms with Crippen molar-refractivity contribution >= 4 is 19.9 Å². The molecule has 32 heavy (non-hydrogen) atoms. The van der Waals surface area contributed by atoms with Gasteiger partial charge in [0.2, 0.25) is 10.0 Å². The van der Waals surface area contributed by atoms with E-state index >= 15 is 0 Å². The minimum atomic E-state index is -3.50. The fourth-order valence-corrected chi connectivity index (χ4v) is 9.49. The molecule has 0 atom stereocenters. The zero-order valence-corrected chi connectivity index (χ0v) is 19.8. The molecule has 1 heterocycles. The molecule has 4 aliphatic rings. The van der Waals surface area contributed by atoms with Crippen LogP contribution in [0.1, 0.15) is 44.9 Å². The molecule has 0 spiro atoms. The maximum Gasteiger partial charge on any atom is 0.214 e. The Morgan fingerprint density at radius 1 is 1.12 bits per heavy atom. The van der Waals surface area contributed by atoms with E-state index < -0.39 is 19.9 Å². The number of benzene rings is 1. The summed E-state index contributed by atoms with van der Waals surface area (Å²) in [6, 6.07) is 6.19. The fraction of sp³-hybridized carbons (Fsp3) is 0.636. The lowest BCUT2D eigenvalue weighted by Gasteiger charge is -2.56. The Balaban J connectivity index is 1.41. The van der Waals surface area contributed by atoms with Gasteiger partial charge in [0.05, 0.1) is 22.7 Å². The van der Waals surface area contributed by atoms with Gasteiger partial charge in [-0.25, -0.2) is 21.2 Å². The second kappa shape index (κ2) is 8.70. The molecular formula is C22H31FN2O5S2. The first-order valence-corrected chi connectivity index (χ1v) is 14.3. The number of nitrogens with zero attached hydrogens (tertiary/aromatic N) is 1. The quantitative estimate of drug-likeness (QED) is 0.606. The van der Waals surface area contributed by atoms with Crippen LogP contribution >= 0.6 is 0 Å². The standard InChI is InChI=1S/C22H31FN2O5S2/c23-14-18(15-24)16-30-19-2-4-20(5-3-19)31(26,27)17-21-6-9-22(10-7-21,11-8-21)25-12-1-13-32(25,28)29/h2-5,14H,1,6-13,15-17,24H2/b18-14+. The molecule has 3 saturated carbocycles. The first-order valence-electron chi connectivity index (χ1n) is 11.1. The lowest BCUT2D eigenvalue weighted by atomic mass is 9.58. The summed E-state index contributed by atoms with van der Waals surface area (Å²) in [5, 5.41) is 0. The molecular weight excluding hydrogens is 455 g/mol. The van der Waals surface area contributed by atoms with Crippen molar-refractivity contribution in [2.45, 2.75) is 55.4 Å². The predicted molar refractivity (Wildman–Crippen MR) is 120 cm³/mol. The summed E-state index contributed by atoms with van der Waals surface area (Å²) in [7, 11) is -6.68. The zero-order valence-electron chi connectivity index (χ0n) is 18.1. The van der Waals surface area contributed by atoms with Gasteiger partial charge in [-0.1, -0.05) is 0 Å². The predicted octanol–water partition coefficient (Wildman–Crippen LogP) is 2.78.